The summed E-state index contributed by atoms with van der Waals surface area (Å²) in [4.78, 5) is 19.1. The van der Waals surface area contributed by atoms with Gasteiger partial charge in [0.2, 0.25) is 6.10 Å². The minimum Gasteiger partial charge on any atom is -0.472 e. The third-order valence-corrected chi connectivity index (χ3v) is 4.14. The molecule has 1 aliphatic heterocycles. The van der Waals surface area contributed by atoms with Crippen LogP contribution in [0.2, 0.25) is 0 Å². The van der Waals surface area contributed by atoms with Crippen LogP contribution in [0.25, 0.3) is 0 Å². The van der Waals surface area contributed by atoms with Gasteiger partial charge in [0.25, 0.3) is 5.91 Å². The van der Waals surface area contributed by atoms with Crippen LogP contribution in [0.15, 0.2) is 72.8 Å². The largest absolute Gasteiger partial charge is 0.472 e. The number of nitrogens with zero attached hydrogens (tertiary/aromatic N) is 2. The van der Waals surface area contributed by atoms with Crippen molar-refractivity contribution in [2.75, 3.05) is 10.6 Å². The van der Waals surface area contributed by atoms with E-state index in [9.17, 15) is 4.79 Å². The number of carbonyl (C=O) groups is 1. The summed E-state index contributed by atoms with van der Waals surface area (Å²) in [7, 11) is 0. The van der Waals surface area contributed by atoms with Gasteiger partial charge in [-0.05, 0) is 17.7 Å². The van der Waals surface area contributed by atoms with Crippen LogP contribution in [0.1, 0.15) is 17.2 Å². The maximum Gasteiger partial charge on any atom is 0.274 e. The molecule has 0 fully saturated rings. The van der Waals surface area contributed by atoms with Crippen molar-refractivity contribution in [3.05, 3.63) is 83.9 Å². The van der Waals surface area contributed by atoms with E-state index >= 15 is 0 Å². The maximum atomic E-state index is 13.1. The predicted octanol–water partition coefficient (Wildman–Crippen LogP) is 3.33. The minimum atomic E-state index is -0.692. The highest BCUT2D eigenvalue weighted by molar-refractivity contribution is 5.99. The quantitative estimate of drug-likeness (QED) is 0.799. The highest BCUT2D eigenvalue weighted by Gasteiger charge is 2.36. The second kappa shape index (κ2) is 6.28. The lowest BCUT2D eigenvalue weighted by Crippen LogP contribution is -2.41. The van der Waals surface area contributed by atoms with Gasteiger partial charge in [-0.15, -0.1) is 0 Å². The van der Waals surface area contributed by atoms with Gasteiger partial charge in [0.15, 0.2) is 11.6 Å². The SMILES string of the molecule is Nc1ccc2c(n1)N(Cc1ccccc1)C(=O)C(c1ccccc1)O2. The minimum absolute atomic E-state index is 0.152. The zero-order valence-electron chi connectivity index (χ0n) is 13.5. The summed E-state index contributed by atoms with van der Waals surface area (Å²) in [5.41, 5.74) is 7.65. The van der Waals surface area contributed by atoms with Gasteiger partial charge in [0.1, 0.15) is 5.82 Å². The van der Waals surface area contributed by atoms with Gasteiger partial charge in [-0.2, -0.15) is 0 Å². The van der Waals surface area contributed by atoms with Crippen molar-refractivity contribution in [3.63, 3.8) is 0 Å². The molecule has 2 N–H and O–H groups in total. The number of carbonyl (C=O) groups excluding carboxylic acids is 1. The van der Waals surface area contributed by atoms with E-state index in [1.54, 1.807) is 17.0 Å². The van der Waals surface area contributed by atoms with Crippen molar-refractivity contribution in [2.45, 2.75) is 12.6 Å². The van der Waals surface area contributed by atoms with E-state index in [-0.39, 0.29) is 5.91 Å². The predicted molar refractivity (Wildman–Crippen MR) is 96.1 cm³/mol. The summed E-state index contributed by atoms with van der Waals surface area (Å²) in [6.45, 7) is 0.413. The topological polar surface area (TPSA) is 68.5 Å². The molecule has 3 aromatic rings. The number of aromatic nitrogens is 1. The number of nitrogen functional groups attached to an aromatic ring is 1. The summed E-state index contributed by atoms with van der Waals surface area (Å²) in [6.07, 6.45) is -0.692. The monoisotopic (exact) mass is 331 g/mol. The molecule has 0 spiro atoms. The van der Waals surface area contributed by atoms with E-state index in [2.05, 4.69) is 4.98 Å². The Hall–Kier alpha value is -3.34. The summed E-state index contributed by atoms with van der Waals surface area (Å²) >= 11 is 0. The molecule has 0 saturated heterocycles. The van der Waals surface area contributed by atoms with E-state index in [0.29, 0.717) is 23.9 Å². The summed E-state index contributed by atoms with van der Waals surface area (Å²) in [6, 6.07) is 22.7. The Morgan fingerprint density at radius 1 is 0.960 bits per heavy atom. The van der Waals surface area contributed by atoms with Crippen molar-refractivity contribution in [2.24, 2.45) is 0 Å². The van der Waals surface area contributed by atoms with Gasteiger partial charge in [-0.1, -0.05) is 60.7 Å². The molecule has 0 radical (unpaired) electrons. The number of amides is 1. The van der Waals surface area contributed by atoms with E-state index in [1.165, 1.54) is 0 Å². The Labute approximate surface area is 145 Å². The average molecular weight is 331 g/mol. The zero-order chi connectivity index (χ0) is 17.2. The van der Waals surface area contributed by atoms with Gasteiger partial charge in [0.05, 0.1) is 6.54 Å². The Kier molecular flexibility index (Phi) is 3.82. The summed E-state index contributed by atoms with van der Waals surface area (Å²) in [5.74, 6) is 1.21. The number of hydrogen-bond donors (Lipinski definition) is 1. The first-order chi connectivity index (χ1) is 12.2. The lowest BCUT2D eigenvalue weighted by atomic mass is 10.1. The highest BCUT2D eigenvalue weighted by Crippen LogP contribution is 2.38. The first-order valence-corrected chi connectivity index (χ1v) is 8.06. The number of ether oxygens (including phenoxy) is 1. The van der Waals surface area contributed by atoms with Crippen LogP contribution in [0.4, 0.5) is 11.6 Å². The molecule has 5 heteroatoms. The fourth-order valence-electron chi connectivity index (χ4n) is 2.92. The Morgan fingerprint density at radius 3 is 2.36 bits per heavy atom. The van der Waals surface area contributed by atoms with Gasteiger partial charge in [-0.3, -0.25) is 9.69 Å². The average Bonchev–Trinajstić information content (AvgIpc) is 2.65. The molecule has 1 amide bonds. The van der Waals surface area contributed by atoms with Gasteiger partial charge in [0, 0.05) is 5.56 Å². The van der Waals surface area contributed by atoms with Crippen LogP contribution in [0, 0.1) is 0 Å². The Balaban J connectivity index is 1.77. The van der Waals surface area contributed by atoms with Crippen molar-refractivity contribution < 1.29 is 9.53 Å². The number of anilines is 2. The van der Waals surface area contributed by atoms with Crippen LogP contribution < -0.4 is 15.4 Å². The van der Waals surface area contributed by atoms with Crippen molar-refractivity contribution in [3.8, 4) is 5.75 Å². The van der Waals surface area contributed by atoms with Crippen molar-refractivity contribution in [1.82, 2.24) is 4.98 Å². The lowest BCUT2D eigenvalue weighted by Gasteiger charge is -2.33. The van der Waals surface area contributed by atoms with Gasteiger partial charge in [-0.25, -0.2) is 4.98 Å². The van der Waals surface area contributed by atoms with Crippen LogP contribution in [0.3, 0.4) is 0 Å². The Bertz CT molecular complexity index is 897. The number of pyridine rings is 1. The van der Waals surface area contributed by atoms with Crippen LogP contribution >= 0.6 is 0 Å². The van der Waals surface area contributed by atoms with Gasteiger partial charge < -0.3 is 10.5 Å². The second-order valence-electron chi connectivity index (χ2n) is 5.88. The van der Waals surface area contributed by atoms with E-state index < -0.39 is 6.10 Å². The molecule has 1 aliphatic rings. The highest BCUT2D eigenvalue weighted by atomic mass is 16.5. The molecule has 4 rings (SSSR count). The number of hydrogen-bond acceptors (Lipinski definition) is 4. The summed E-state index contributed by atoms with van der Waals surface area (Å²) < 4.78 is 5.94. The summed E-state index contributed by atoms with van der Waals surface area (Å²) in [5, 5.41) is 0. The number of rotatable bonds is 3. The molecule has 124 valence electrons. The van der Waals surface area contributed by atoms with Crippen molar-refractivity contribution in [1.29, 1.82) is 0 Å². The van der Waals surface area contributed by atoms with Crippen LogP contribution in [0.5, 0.6) is 5.75 Å². The molecule has 2 heterocycles. The third-order valence-electron chi connectivity index (χ3n) is 4.14. The van der Waals surface area contributed by atoms with Crippen molar-refractivity contribution >= 4 is 17.5 Å². The van der Waals surface area contributed by atoms with Crippen LogP contribution in [-0.2, 0) is 11.3 Å². The Morgan fingerprint density at radius 2 is 1.64 bits per heavy atom. The fraction of sp³-hybridized carbons (Fsp3) is 0.100. The molecule has 2 aromatic carbocycles. The fourth-order valence-corrected chi connectivity index (χ4v) is 2.92. The molecule has 1 aromatic heterocycles. The molecule has 0 saturated carbocycles. The smallest absolute Gasteiger partial charge is 0.274 e. The molecule has 0 aliphatic carbocycles. The van der Waals surface area contributed by atoms with E-state index in [0.717, 1.165) is 11.1 Å². The molecular formula is C20H17N3O2. The molecule has 0 bridgehead atoms. The number of benzene rings is 2. The first kappa shape index (κ1) is 15.2. The molecule has 1 atom stereocenters. The van der Waals surface area contributed by atoms with E-state index in [4.69, 9.17) is 10.5 Å². The number of nitrogens with two attached hydrogens (primary N) is 1. The molecular weight excluding hydrogens is 314 g/mol. The number of fused-ring (bicyclic) bond motifs is 1. The second-order valence-corrected chi connectivity index (χ2v) is 5.88. The molecule has 1 unspecified atom stereocenters. The zero-order valence-corrected chi connectivity index (χ0v) is 13.5. The molecule has 25 heavy (non-hydrogen) atoms. The van der Waals surface area contributed by atoms with E-state index in [1.807, 2.05) is 60.7 Å². The maximum absolute atomic E-state index is 13.1. The van der Waals surface area contributed by atoms with Crippen LogP contribution in [-0.4, -0.2) is 10.9 Å². The lowest BCUT2D eigenvalue weighted by molar-refractivity contribution is -0.126. The molecule has 5 nitrogen and oxygen atoms in total. The van der Waals surface area contributed by atoms with Gasteiger partial charge >= 0.3 is 0 Å². The first-order valence-electron chi connectivity index (χ1n) is 8.06. The third kappa shape index (κ3) is 2.92. The normalized spacial score (nSPS) is 16.2. The standard InChI is InChI=1S/C20H17N3O2/c21-17-12-11-16-19(22-17)23(13-14-7-3-1-4-8-14)20(24)18(25-16)15-9-5-2-6-10-15/h1-12,18H,13H2,(H2,21,22).